The molecule has 0 saturated carbocycles. The summed E-state index contributed by atoms with van der Waals surface area (Å²) in [5.41, 5.74) is 0. The van der Waals surface area contributed by atoms with Gasteiger partial charge in [-0.2, -0.15) is 0 Å². The lowest BCUT2D eigenvalue weighted by Crippen LogP contribution is -1.98. The Morgan fingerprint density at radius 2 is 2.50 bits per heavy atom. The fraction of sp³-hybridized carbons (Fsp3) is 0.167. The van der Waals surface area contributed by atoms with Crippen LogP contribution < -0.4 is 0 Å². The van der Waals surface area contributed by atoms with Crippen LogP contribution in [0, 0.1) is 0 Å². The molecule has 0 radical (unpaired) electrons. The van der Waals surface area contributed by atoms with E-state index < -0.39 is 5.97 Å². The van der Waals surface area contributed by atoms with E-state index in [1.54, 1.807) is 12.3 Å². The van der Waals surface area contributed by atoms with Crippen LogP contribution in [0.2, 0.25) is 0 Å². The number of carboxylic acids is 1. The molecular formula is C6H5BrN2O2S. The summed E-state index contributed by atoms with van der Waals surface area (Å²) in [6.45, 7) is 0. The monoisotopic (exact) mass is 248 g/mol. The van der Waals surface area contributed by atoms with Gasteiger partial charge >= 0.3 is 5.97 Å². The van der Waals surface area contributed by atoms with Gasteiger partial charge in [0.05, 0.1) is 5.75 Å². The van der Waals surface area contributed by atoms with Gasteiger partial charge in [-0.05, 0) is 22.0 Å². The Kier molecular flexibility index (Phi) is 3.48. The van der Waals surface area contributed by atoms with Crippen LogP contribution in [-0.4, -0.2) is 26.8 Å². The fourth-order valence-electron chi connectivity index (χ4n) is 0.516. The Labute approximate surface area is 81.5 Å². The Hall–Kier alpha value is -0.620. The molecule has 0 aliphatic rings. The van der Waals surface area contributed by atoms with Crippen LogP contribution in [0.1, 0.15) is 0 Å². The number of rotatable bonds is 3. The summed E-state index contributed by atoms with van der Waals surface area (Å²) in [5.74, 6) is -0.889. The van der Waals surface area contributed by atoms with E-state index in [1.807, 2.05) is 0 Å². The molecule has 64 valence electrons. The van der Waals surface area contributed by atoms with Gasteiger partial charge in [0.2, 0.25) is 0 Å². The van der Waals surface area contributed by atoms with Gasteiger partial charge < -0.3 is 5.11 Å². The van der Waals surface area contributed by atoms with E-state index in [-0.39, 0.29) is 5.75 Å². The number of halogens is 1. The van der Waals surface area contributed by atoms with Crippen molar-refractivity contribution in [1.29, 1.82) is 0 Å². The Bertz CT molecular complexity index is 295. The van der Waals surface area contributed by atoms with Crippen LogP contribution >= 0.6 is 27.7 Å². The number of aliphatic carboxylic acids is 1. The molecule has 6 heteroatoms. The maximum absolute atomic E-state index is 10.2. The Balaban J connectivity index is 2.57. The summed E-state index contributed by atoms with van der Waals surface area (Å²) in [6, 6.07) is 1.69. The third-order valence-corrected chi connectivity index (χ3v) is 2.21. The Morgan fingerprint density at radius 1 is 1.75 bits per heavy atom. The summed E-state index contributed by atoms with van der Waals surface area (Å²) in [5, 5.41) is 8.82. The number of nitrogens with zero attached hydrogens (tertiary/aromatic N) is 2. The van der Waals surface area contributed by atoms with Crippen molar-refractivity contribution in [3.05, 3.63) is 16.9 Å². The van der Waals surface area contributed by atoms with Gasteiger partial charge in [0, 0.05) is 6.20 Å². The number of carboxylic acid groups (broad SMARTS) is 1. The summed E-state index contributed by atoms with van der Waals surface area (Å²) in [7, 11) is 0. The Morgan fingerprint density at radius 3 is 3.08 bits per heavy atom. The third-order valence-electron chi connectivity index (χ3n) is 0.924. The SMILES string of the molecule is O=C(O)CSc1nccc(Br)n1. The summed E-state index contributed by atoms with van der Waals surface area (Å²) in [6.07, 6.45) is 1.57. The first-order valence-electron chi connectivity index (χ1n) is 3.01. The van der Waals surface area contributed by atoms with Crippen LogP contribution in [0.5, 0.6) is 0 Å². The highest BCUT2D eigenvalue weighted by Gasteiger charge is 2.01. The molecule has 0 fully saturated rings. The van der Waals surface area contributed by atoms with E-state index in [4.69, 9.17) is 5.11 Å². The summed E-state index contributed by atoms with van der Waals surface area (Å²) in [4.78, 5) is 18.0. The maximum atomic E-state index is 10.2. The maximum Gasteiger partial charge on any atom is 0.313 e. The normalized spacial score (nSPS) is 9.75. The average molecular weight is 249 g/mol. The van der Waals surface area contributed by atoms with Gasteiger partial charge in [0.15, 0.2) is 5.16 Å². The van der Waals surface area contributed by atoms with E-state index in [2.05, 4.69) is 25.9 Å². The van der Waals surface area contributed by atoms with Crippen molar-refractivity contribution in [2.75, 3.05) is 5.75 Å². The van der Waals surface area contributed by atoms with Crippen LogP contribution in [-0.2, 0) is 4.79 Å². The molecule has 1 rings (SSSR count). The molecule has 0 aromatic carbocycles. The quantitative estimate of drug-likeness (QED) is 0.498. The first-order chi connectivity index (χ1) is 5.68. The molecule has 0 unspecified atom stereocenters. The topological polar surface area (TPSA) is 63.1 Å². The first kappa shape index (κ1) is 9.47. The molecule has 12 heavy (non-hydrogen) atoms. The van der Waals surface area contributed by atoms with Crippen LogP contribution in [0.15, 0.2) is 22.0 Å². The zero-order valence-corrected chi connectivity index (χ0v) is 8.30. The number of thioether (sulfide) groups is 1. The first-order valence-corrected chi connectivity index (χ1v) is 4.79. The zero-order chi connectivity index (χ0) is 8.97. The van der Waals surface area contributed by atoms with Gasteiger partial charge in [-0.1, -0.05) is 11.8 Å². The van der Waals surface area contributed by atoms with Crippen molar-refractivity contribution < 1.29 is 9.90 Å². The van der Waals surface area contributed by atoms with E-state index in [0.29, 0.717) is 9.76 Å². The highest BCUT2D eigenvalue weighted by Crippen LogP contribution is 2.14. The molecule has 1 aromatic rings. The number of hydrogen-bond acceptors (Lipinski definition) is 4. The molecule has 0 spiro atoms. The lowest BCUT2D eigenvalue weighted by Gasteiger charge is -1.95. The minimum Gasteiger partial charge on any atom is -0.481 e. The van der Waals surface area contributed by atoms with Crippen molar-refractivity contribution in [1.82, 2.24) is 9.97 Å². The third kappa shape index (κ3) is 3.19. The molecule has 1 N–H and O–H groups in total. The second-order valence-electron chi connectivity index (χ2n) is 1.84. The number of carbonyl (C=O) groups is 1. The van der Waals surface area contributed by atoms with E-state index in [0.717, 1.165) is 11.8 Å². The lowest BCUT2D eigenvalue weighted by atomic mass is 10.7. The minimum absolute atomic E-state index is 0.0174. The second kappa shape index (κ2) is 4.42. The van der Waals surface area contributed by atoms with Crippen molar-refractivity contribution >= 4 is 33.7 Å². The highest BCUT2D eigenvalue weighted by molar-refractivity contribution is 9.10. The van der Waals surface area contributed by atoms with Crippen LogP contribution in [0.4, 0.5) is 0 Å². The molecule has 0 aliphatic carbocycles. The molecule has 0 amide bonds. The molecule has 1 aromatic heterocycles. The molecule has 0 atom stereocenters. The van der Waals surface area contributed by atoms with Gasteiger partial charge in [-0.3, -0.25) is 4.79 Å². The zero-order valence-electron chi connectivity index (χ0n) is 5.90. The van der Waals surface area contributed by atoms with Crippen molar-refractivity contribution in [2.24, 2.45) is 0 Å². The van der Waals surface area contributed by atoms with Gasteiger partial charge in [0.25, 0.3) is 0 Å². The van der Waals surface area contributed by atoms with E-state index >= 15 is 0 Å². The number of hydrogen-bond donors (Lipinski definition) is 1. The smallest absolute Gasteiger partial charge is 0.313 e. The van der Waals surface area contributed by atoms with Gasteiger partial charge in [-0.25, -0.2) is 9.97 Å². The fourth-order valence-corrected chi connectivity index (χ4v) is 1.47. The van der Waals surface area contributed by atoms with Crippen molar-refractivity contribution in [2.45, 2.75) is 5.16 Å². The van der Waals surface area contributed by atoms with Crippen LogP contribution in [0.25, 0.3) is 0 Å². The van der Waals surface area contributed by atoms with Gasteiger partial charge in [0.1, 0.15) is 4.60 Å². The number of aromatic nitrogens is 2. The molecule has 0 aliphatic heterocycles. The summed E-state index contributed by atoms with van der Waals surface area (Å²) >= 11 is 4.25. The molecular weight excluding hydrogens is 244 g/mol. The largest absolute Gasteiger partial charge is 0.481 e. The summed E-state index contributed by atoms with van der Waals surface area (Å²) < 4.78 is 0.658. The predicted octanol–water partition coefficient (Wildman–Crippen LogP) is 1.42. The van der Waals surface area contributed by atoms with Crippen molar-refractivity contribution in [3.8, 4) is 0 Å². The predicted molar refractivity (Wildman–Crippen MR) is 48.1 cm³/mol. The van der Waals surface area contributed by atoms with E-state index in [9.17, 15) is 4.79 Å². The molecule has 0 bridgehead atoms. The lowest BCUT2D eigenvalue weighted by molar-refractivity contribution is -0.133. The molecule has 0 saturated heterocycles. The molecule has 1 heterocycles. The van der Waals surface area contributed by atoms with Gasteiger partial charge in [-0.15, -0.1) is 0 Å². The second-order valence-corrected chi connectivity index (χ2v) is 3.60. The van der Waals surface area contributed by atoms with E-state index in [1.165, 1.54) is 0 Å². The van der Waals surface area contributed by atoms with Crippen molar-refractivity contribution in [3.63, 3.8) is 0 Å². The minimum atomic E-state index is -0.872. The standard InChI is InChI=1S/C6H5BrN2O2S/c7-4-1-2-8-6(9-4)12-3-5(10)11/h1-2H,3H2,(H,10,11). The average Bonchev–Trinajstić information content (AvgIpc) is 2.01. The van der Waals surface area contributed by atoms with Crippen LogP contribution in [0.3, 0.4) is 0 Å². The molecule has 4 nitrogen and oxygen atoms in total. The highest BCUT2D eigenvalue weighted by atomic mass is 79.9.